The maximum absolute atomic E-state index is 12.2. The molecule has 3 rings (SSSR count). The first-order valence-corrected chi connectivity index (χ1v) is 9.00. The number of rotatable bonds is 6. The van der Waals surface area contributed by atoms with Gasteiger partial charge in [-0.3, -0.25) is 9.59 Å². The van der Waals surface area contributed by atoms with Gasteiger partial charge in [0, 0.05) is 30.2 Å². The highest BCUT2D eigenvalue weighted by molar-refractivity contribution is 6.30. The summed E-state index contributed by atoms with van der Waals surface area (Å²) in [5.41, 5.74) is 1.87. The van der Waals surface area contributed by atoms with Crippen LogP contribution in [0.5, 0.6) is 5.75 Å². The Hall–Kier alpha value is -2.53. The molecule has 2 amide bonds. The Bertz CT molecular complexity index is 775. The highest BCUT2D eigenvalue weighted by atomic mass is 35.5. The number of benzene rings is 2. The fourth-order valence-electron chi connectivity index (χ4n) is 2.82. The summed E-state index contributed by atoms with van der Waals surface area (Å²) in [6.07, 6.45) is 0.906. The second-order valence-corrected chi connectivity index (χ2v) is 6.68. The van der Waals surface area contributed by atoms with E-state index in [-0.39, 0.29) is 11.8 Å². The molecule has 0 bridgehead atoms. The van der Waals surface area contributed by atoms with Gasteiger partial charge >= 0.3 is 0 Å². The monoisotopic (exact) mass is 372 g/mol. The molecule has 5 nitrogen and oxygen atoms in total. The summed E-state index contributed by atoms with van der Waals surface area (Å²) in [7, 11) is 0. The molecule has 1 atom stereocenters. The molecule has 0 unspecified atom stereocenters. The summed E-state index contributed by atoms with van der Waals surface area (Å²) < 4.78 is 5.60. The molecular formula is C20H21ClN2O3. The topological polar surface area (TPSA) is 58.6 Å². The quantitative estimate of drug-likeness (QED) is 0.843. The lowest BCUT2D eigenvalue weighted by Crippen LogP contribution is -2.35. The minimum Gasteiger partial charge on any atom is -0.481 e. The van der Waals surface area contributed by atoms with E-state index in [2.05, 4.69) is 5.32 Å². The standard InChI is InChI=1S/C20H21ClN2O3/c1-14(26-18-10-6-16(21)7-11-18)20(25)22-13-15-4-8-17(9-5-15)23-12-2-3-19(23)24/h4-11,14H,2-3,12-13H2,1H3,(H,22,25)/t14-/m0/s1. The van der Waals surface area contributed by atoms with Crippen molar-refractivity contribution in [3.8, 4) is 5.75 Å². The first kappa shape index (κ1) is 18.3. The molecule has 1 fully saturated rings. The molecule has 26 heavy (non-hydrogen) atoms. The third-order valence-corrected chi connectivity index (χ3v) is 4.54. The van der Waals surface area contributed by atoms with Crippen molar-refractivity contribution in [2.24, 2.45) is 0 Å². The van der Waals surface area contributed by atoms with E-state index in [1.54, 1.807) is 36.1 Å². The molecule has 1 aliphatic heterocycles. The number of nitrogens with zero attached hydrogens (tertiary/aromatic N) is 1. The van der Waals surface area contributed by atoms with Crippen molar-refractivity contribution >= 4 is 29.1 Å². The molecule has 6 heteroatoms. The third kappa shape index (κ3) is 4.55. The zero-order valence-electron chi connectivity index (χ0n) is 14.6. The Morgan fingerprint density at radius 3 is 2.50 bits per heavy atom. The minimum absolute atomic E-state index is 0.166. The lowest BCUT2D eigenvalue weighted by Gasteiger charge is -2.17. The number of hydrogen-bond acceptors (Lipinski definition) is 3. The number of ether oxygens (including phenoxy) is 1. The van der Waals surface area contributed by atoms with Gasteiger partial charge < -0.3 is 15.0 Å². The van der Waals surface area contributed by atoms with Crippen molar-refractivity contribution < 1.29 is 14.3 Å². The number of carbonyl (C=O) groups excluding carboxylic acids is 2. The van der Waals surface area contributed by atoms with Gasteiger partial charge in [-0.1, -0.05) is 23.7 Å². The van der Waals surface area contributed by atoms with E-state index in [1.165, 1.54) is 0 Å². The summed E-state index contributed by atoms with van der Waals surface area (Å²) in [4.78, 5) is 25.8. The number of carbonyl (C=O) groups is 2. The van der Waals surface area contributed by atoms with Crippen molar-refractivity contribution in [1.82, 2.24) is 5.32 Å². The second-order valence-electron chi connectivity index (χ2n) is 6.25. The molecule has 2 aromatic rings. The van der Waals surface area contributed by atoms with Gasteiger partial charge in [-0.05, 0) is 55.3 Å². The number of anilines is 1. The van der Waals surface area contributed by atoms with Gasteiger partial charge in [0.1, 0.15) is 5.75 Å². The molecule has 1 saturated heterocycles. The van der Waals surface area contributed by atoms with Crippen molar-refractivity contribution in [2.75, 3.05) is 11.4 Å². The Morgan fingerprint density at radius 1 is 1.19 bits per heavy atom. The zero-order chi connectivity index (χ0) is 18.5. The summed E-state index contributed by atoms with van der Waals surface area (Å²) in [6.45, 7) is 2.88. The van der Waals surface area contributed by atoms with Crippen LogP contribution in [0.2, 0.25) is 5.02 Å². The van der Waals surface area contributed by atoms with E-state index in [1.807, 2.05) is 24.3 Å². The molecule has 0 spiro atoms. The van der Waals surface area contributed by atoms with Crippen LogP contribution in [-0.4, -0.2) is 24.5 Å². The highest BCUT2D eigenvalue weighted by Crippen LogP contribution is 2.21. The summed E-state index contributed by atoms with van der Waals surface area (Å²) in [5, 5.41) is 3.48. The lowest BCUT2D eigenvalue weighted by atomic mass is 10.2. The minimum atomic E-state index is -0.613. The molecule has 0 aromatic heterocycles. The maximum Gasteiger partial charge on any atom is 0.261 e. The summed E-state index contributed by atoms with van der Waals surface area (Å²) >= 11 is 5.83. The average Bonchev–Trinajstić information content (AvgIpc) is 3.08. The zero-order valence-corrected chi connectivity index (χ0v) is 15.3. The number of amides is 2. The maximum atomic E-state index is 12.2. The van der Waals surface area contributed by atoms with E-state index in [9.17, 15) is 9.59 Å². The molecule has 136 valence electrons. The normalized spacial score (nSPS) is 15.0. The van der Waals surface area contributed by atoms with Crippen LogP contribution in [0.1, 0.15) is 25.3 Å². The smallest absolute Gasteiger partial charge is 0.261 e. The Balaban J connectivity index is 1.50. The molecule has 2 aromatic carbocycles. The predicted octanol–water partition coefficient (Wildman–Crippen LogP) is 3.55. The van der Waals surface area contributed by atoms with E-state index < -0.39 is 6.10 Å². The van der Waals surface area contributed by atoms with Crippen LogP contribution in [0.15, 0.2) is 48.5 Å². The van der Waals surface area contributed by atoms with E-state index in [0.29, 0.717) is 23.7 Å². The number of hydrogen-bond donors (Lipinski definition) is 1. The van der Waals surface area contributed by atoms with E-state index >= 15 is 0 Å². The van der Waals surface area contributed by atoms with Crippen LogP contribution in [0.4, 0.5) is 5.69 Å². The SMILES string of the molecule is C[C@H](Oc1ccc(Cl)cc1)C(=O)NCc1ccc(N2CCCC2=O)cc1. The van der Waals surface area contributed by atoms with Gasteiger partial charge in [-0.25, -0.2) is 0 Å². The fourth-order valence-corrected chi connectivity index (χ4v) is 2.94. The van der Waals surface area contributed by atoms with Crippen LogP contribution >= 0.6 is 11.6 Å². The van der Waals surface area contributed by atoms with Gasteiger partial charge in [0.15, 0.2) is 6.10 Å². The Morgan fingerprint density at radius 2 is 1.88 bits per heavy atom. The average molecular weight is 373 g/mol. The Labute approximate surface area is 157 Å². The number of nitrogens with one attached hydrogen (secondary N) is 1. The largest absolute Gasteiger partial charge is 0.481 e. The van der Waals surface area contributed by atoms with Crippen molar-refractivity contribution in [1.29, 1.82) is 0 Å². The van der Waals surface area contributed by atoms with Crippen molar-refractivity contribution in [2.45, 2.75) is 32.4 Å². The molecule has 0 radical (unpaired) electrons. The van der Waals surface area contributed by atoms with Crippen molar-refractivity contribution in [3.05, 3.63) is 59.1 Å². The van der Waals surface area contributed by atoms with Crippen LogP contribution in [0.3, 0.4) is 0 Å². The molecule has 0 aliphatic carbocycles. The van der Waals surface area contributed by atoms with Crippen LogP contribution in [0, 0.1) is 0 Å². The first-order valence-electron chi connectivity index (χ1n) is 8.62. The number of halogens is 1. The first-order chi connectivity index (χ1) is 12.5. The fraction of sp³-hybridized carbons (Fsp3) is 0.300. The molecule has 1 N–H and O–H groups in total. The van der Waals surface area contributed by atoms with Crippen LogP contribution < -0.4 is 15.0 Å². The highest BCUT2D eigenvalue weighted by Gasteiger charge is 2.21. The van der Waals surface area contributed by atoms with Crippen LogP contribution in [-0.2, 0) is 16.1 Å². The van der Waals surface area contributed by atoms with Gasteiger partial charge in [0.25, 0.3) is 5.91 Å². The van der Waals surface area contributed by atoms with Crippen molar-refractivity contribution in [3.63, 3.8) is 0 Å². The predicted molar refractivity (Wildman–Crippen MR) is 101 cm³/mol. The molecular weight excluding hydrogens is 352 g/mol. The van der Waals surface area contributed by atoms with Gasteiger partial charge in [-0.15, -0.1) is 0 Å². The second kappa shape index (κ2) is 8.23. The van der Waals surface area contributed by atoms with Gasteiger partial charge in [-0.2, -0.15) is 0 Å². The molecule has 0 saturated carbocycles. The Kier molecular flexibility index (Phi) is 5.78. The van der Waals surface area contributed by atoms with E-state index in [4.69, 9.17) is 16.3 Å². The van der Waals surface area contributed by atoms with Crippen LogP contribution in [0.25, 0.3) is 0 Å². The summed E-state index contributed by atoms with van der Waals surface area (Å²) in [5.74, 6) is 0.564. The molecule has 1 aliphatic rings. The van der Waals surface area contributed by atoms with Gasteiger partial charge in [0.05, 0.1) is 0 Å². The van der Waals surface area contributed by atoms with Gasteiger partial charge in [0.2, 0.25) is 5.91 Å². The van der Waals surface area contributed by atoms with E-state index in [0.717, 1.165) is 24.2 Å². The summed E-state index contributed by atoms with van der Waals surface area (Å²) in [6, 6.07) is 14.6. The molecule has 1 heterocycles. The lowest BCUT2D eigenvalue weighted by molar-refractivity contribution is -0.127. The third-order valence-electron chi connectivity index (χ3n) is 4.28.